The summed E-state index contributed by atoms with van der Waals surface area (Å²) in [5, 5.41) is 2.48. The van der Waals surface area contributed by atoms with Crippen LogP contribution in [-0.4, -0.2) is 36.9 Å². The Morgan fingerprint density at radius 1 is 1.40 bits per heavy atom. The van der Waals surface area contributed by atoms with Gasteiger partial charge in [0.25, 0.3) is 0 Å². The Labute approximate surface area is 119 Å². The van der Waals surface area contributed by atoms with Crippen LogP contribution in [0.2, 0.25) is 0 Å². The van der Waals surface area contributed by atoms with Gasteiger partial charge in [-0.3, -0.25) is 9.59 Å². The molecule has 0 saturated heterocycles. The Kier molecular flexibility index (Phi) is 6.27. The zero-order valence-electron chi connectivity index (χ0n) is 11.8. The number of likely N-dealkylation sites (N-methyl/N-ethyl adjacent to an activating group) is 1. The number of amides is 2. The molecule has 5 nitrogen and oxygen atoms in total. The van der Waals surface area contributed by atoms with E-state index in [-0.39, 0.29) is 18.4 Å². The van der Waals surface area contributed by atoms with Crippen molar-refractivity contribution >= 4 is 11.8 Å². The molecule has 1 aromatic carbocycles. The predicted octanol–water partition coefficient (Wildman–Crippen LogP) is 0.0913. The monoisotopic (exact) mass is 273 g/mol. The van der Waals surface area contributed by atoms with Crippen molar-refractivity contribution in [3.05, 3.63) is 35.4 Å². The molecule has 0 atom stereocenters. The van der Waals surface area contributed by atoms with Gasteiger partial charge < -0.3 is 16.0 Å². The van der Waals surface area contributed by atoms with E-state index in [1.165, 1.54) is 6.92 Å². The van der Waals surface area contributed by atoms with Crippen molar-refractivity contribution in [3.8, 4) is 11.8 Å². The van der Waals surface area contributed by atoms with Gasteiger partial charge in [0.05, 0.1) is 13.1 Å². The van der Waals surface area contributed by atoms with Crippen LogP contribution in [0.1, 0.15) is 18.1 Å². The Bertz CT molecular complexity index is 544. The standard InChI is InChI=1S/C15H19N3O2/c1-12(19)17-10-15(20)18(2)11-14-6-3-5-13(9-14)7-4-8-16/h3,5-6,9H,8,10-11,16H2,1-2H3,(H,17,19). The molecule has 20 heavy (non-hydrogen) atoms. The van der Waals surface area contributed by atoms with Crippen LogP contribution >= 0.6 is 0 Å². The lowest BCUT2D eigenvalue weighted by atomic mass is 10.1. The first-order chi connectivity index (χ1) is 9.52. The molecule has 106 valence electrons. The summed E-state index contributed by atoms with van der Waals surface area (Å²) in [5.74, 6) is 5.39. The molecule has 3 N–H and O–H groups in total. The van der Waals surface area contributed by atoms with Crippen LogP contribution in [0, 0.1) is 11.8 Å². The largest absolute Gasteiger partial charge is 0.347 e. The first kappa shape index (κ1) is 15.7. The molecule has 0 unspecified atom stereocenters. The molecular formula is C15H19N3O2. The van der Waals surface area contributed by atoms with Crippen LogP contribution in [0.5, 0.6) is 0 Å². The van der Waals surface area contributed by atoms with Crippen molar-refractivity contribution in [2.24, 2.45) is 5.73 Å². The number of nitrogens with one attached hydrogen (secondary N) is 1. The average molecular weight is 273 g/mol. The Morgan fingerprint density at radius 3 is 2.80 bits per heavy atom. The highest BCUT2D eigenvalue weighted by atomic mass is 16.2. The first-order valence-corrected chi connectivity index (χ1v) is 6.29. The van der Waals surface area contributed by atoms with Gasteiger partial charge in [0.2, 0.25) is 11.8 Å². The molecule has 0 heterocycles. The number of hydrogen-bond acceptors (Lipinski definition) is 3. The molecule has 0 fully saturated rings. The van der Waals surface area contributed by atoms with E-state index in [0.29, 0.717) is 13.1 Å². The predicted molar refractivity (Wildman–Crippen MR) is 77.5 cm³/mol. The fraction of sp³-hybridized carbons (Fsp3) is 0.333. The summed E-state index contributed by atoms with van der Waals surface area (Å²) in [6.07, 6.45) is 0. The van der Waals surface area contributed by atoms with Crippen molar-refractivity contribution in [1.82, 2.24) is 10.2 Å². The van der Waals surface area contributed by atoms with Crippen molar-refractivity contribution < 1.29 is 9.59 Å². The van der Waals surface area contributed by atoms with Crippen LogP contribution in [0.4, 0.5) is 0 Å². The fourth-order valence-corrected chi connectivity index (χ4v) is 1.60. The van der Waals surface area contributed by atoms with Crippen molar-refractivity contribution in [2.45, 2.75) is 13.5 Å². The van der Waals surface area contributed by atoms with Crippen LogP contribution in [-0.2, 0) is 16.1 Å². The smallest absolute Gasteiger partial charge is 0.242 e. The van der Waals surface area contributed by atoms with E-state index in [1.807, 2.05) is 24.3 Å². The maximum atomic E-state index is 11.8. The molecule has 0 aliphatic rings. The topological polar surface area (TPSA) is 75.4 Å². The number of hydrogen-bond donors (Lipinski definition) is 2. The molecule has 1 rings (SSSR count). The van der Waals surface area contributed by atoms with Crippen molar-refractivity contribution in [2.75, 3.05) is 20.1 Å². The number of rotatable bonds is 4. The van der Waals surface area contributed by atoms with Crippen LogP contribution in [0.15, 0.2) is 24.3 Å². The lowest BCUT2D eigenvalue weighted by molar-refractivity contribution is -0.131. The van der Waals surface area contributed by atoms with Gasteiger partial charge in [-0.05, 0) is 17.7 Å². The fourth-order valence-electron chi connectivity index (χ4n) is 1.60. The van der Waals surface area contributed by atoms with Gasteiger partial charge in [-0.25, -0.2) is 0 Å². The molecule has 0 radical (unpaired) electrons. The van der Waals surface area contributed by atoms with E-state index in [4.69, 9.17) is 5.73 Å². The molecule has 0 aliphatic heterocycles. The molecule has 0 spiro atoms. The van der Waals surface area contributed by atoms with E-state index in [0.717, 1.165) is 11.1 Å². The number of carbonyl (C=O) groups is 2. The summed E-state index contributed by atoms with van der Waals surface area (Å²) in [6.45, 7) is 2.18. The highest BCUT2D eigenvalue weighted by Crippen LogP contribution is 2.07. The third-order valence-electron chi connectivity index (χ3n) is 2.60. The summed E-state index contributed by atoms with van der Waals surface area (Å²) in [4.78, 5) is 24.1. The molecule has 5 heteroatoms. The zero-order chi connectivity index (χ0) is 15.0. The maximum Gasteiger partial charge on any atom is 0.242 e. The van der Waals surface area contributed by atoms with Crippen molar-refractivity contribution in [3.63, 3.8) is 0 Å². The number of carbonyl (C=O) groups excluding carboxylic acids is 2. The molecule has 0 aliphatic carbocycles. The summed E-state index contributed by atoms with van der Waals surface area (Å²) < 4.78 is 0. The lowest BCUT2D eigenvalue weighted by Gasteiger charge is -2.17. The normalized spacial score (nSPS) is 9.35. The van der Waals surface area contributed by atoms with E-state index in [1.54, 1.807) is 11.9 Å². The van der Waals surface area contributed by atoms with Gasteiger partial charge in [-0.15, -0.1) is 0 Å². The minimum atomic E-state index is -0.217. The summed E-state index contributed by atoms with van der Waals surface area (Å²) in [7, 11) is 1.70. The van der Waals surface area contributed by atoms with Crippen LogP contribution in [0.25, 0.3) is 0 Å². The first-order valence-electron chi connectivity index (χ1n) is 6.29. The van der Waals surface area contributed by atoms with Crippen molar-refractivity contribution in [1.29, 1.82) is 0 Å². The minimum Gasteiger partial charge on any atom is -0.347 e. The van der Waals surface area contributed by atoms with E-state index in [2.05, 4.69) is 17.2 Å². The molecule has 0 bridgehead atoms. The molecule has 0 aromatic heterocycles. The van der Waals surface area contributed by atoms with Gasteiger partial charge in [0.15, 0.2) is 0 Å². The second-order valence-corrected chi connectivity index (χ2v) is 4.37. The maximum absolute atomic E-state index is 11.8. The average Bonchev–Trinajstić information content (AvgIpc) is 2.42. The second kappa shape index (κ2) is 7.97. The summed E-state index contributed by atoms with van der Waals surface area (Å²) in [6, 6.07) is 7.63. The van der Waals surface area contributed by atoms with Crippen LogP contribution < -0.4 is 11.1 Å². The van der Waals surface area contributed by atoms with E-state index in [9.17, 15) is 9.59 Å². The quantitative estimate of drug-likeness (QED) is 0.764. The number of nitrogens with zero attached hydrogens (tertiary/aromatic N) is 1. The Morgan fingerprint density at radius 2 is 2.15 bits per heavy atom. The van der Waals surface area contributed by atoms with Gasteiger partial charge in [-0.2, -0.15) is 0 Å². The molecule has 0 saturated carbocycles. The highest BCUT2D eigenvalue weighted by Gasteiger charge is 2.09. The SMILES string of the molecule is CC(=O)NCC(=O)N(C)Cc1cccc(C#CCN)c1. The summed E-state index contributed by atoms with van der Waals surface area (Å²) in [5.41, 5.74) is 7.18. The third-order valence-corrected chi connectivity index (χ3v) is 2.60. The minimum absolute atomic E-state index is 0.0124. The third kappa shape index (κ3) is 5.55. The van der Waals surface area contributed by atoms with Gasteiger partial charge in [0.1, 0.15) is 0 Å². The second-order valence-electron chi connectivity index (χ2n) is 4.37. The van der Waals surface area contributed by atoms with Gasteiger partial charge >= 0.3 is 0 Å². The molecule has 1 aromatic rings. The Hall–Kier alpha value is -2.32. The number of benzene rings is 1. The molecule has 2 amide bonds. The van der Waals surface area contributed by atoms with Gasteiger partial charge in [-0.1, -0.05) is 24.0 Å². The number of nitrogens with two attached hydrogens (primary N) is 1. The van der Waals surface area contributed by atoms with E-state index >= 15 is 0 Å². The van der Waals surface area contributed by atoms with E-state index < -0.39 is 0 Å². The van der Waals surface area contributed by atoms with Crippen LogP contribution in [0.3, 0.4) is 0 Å². The zero-order valence-corrected chi connectivity index (χ0v) is 11.8. The molecular weight excluding hydrogens is 254 g/mol. The highest BCUT2D eigenvalue weighted by molar-refractivity contribution is 5.83. The summed E-state index contributed by atoms with van der Waals surface area (Å²) >= 11 is 0. The Balaban J connectivity index is 2.63. The van der Waals surface area contributed by atoms with Gasteiger partial charge in [0, 0.05) is 26.1 Å². The lowest BCUT2D eigenvalue weighted by Crippen LogP contribution is -2.36.